The summed E-state index contributed by atoms with van der Waals surface area (Å²) in [6, 6.07) is 0. The van der Waals surface area contributed by atoms with Crippen molar-refractivity contribution in [2.75, 3.05) is 20.3 Å². The lowest BCUT2D eigenvalue weighted by Gasteiger charge is -2.14. The Kier molecular flexibility index (Phi) is 9.52. The lowest BCUT2D eigenvalue weighted by molar-refractivity contribution is -0.139. The second-order valence-corrected chi connectivity index (χ2v) is 3.58. The Morgan fingerprint density at radius 1 is 1.20 bits per heavy atom. The Morgan fingerprint density at radius 3 is 2.27 bits per heavy atom. The van der Waals surface area contributed by atoms with E-state index in [2.05, 4.69) is 19.3 Å². The van der Waals surface area contributed by atoms with E-state index < -0.39 is 0 Å². The molecule has 90 valence electrons. The van der Waals surface area contributed by atoms with E-state index in [0.29, 0.717) is 13.2 Å². The van der Waals surface area contributed by atoms with Crippen molar-refractivity contribution in [1.29, 1.82) is 0 Å². The monoisotopic (exact) mass is 217 g/mol. The van der Waals surface area contributed by atoms with Gasteiger partial charge >= 0.3 is 0 Å². The highest BCUT2D eigenvalue weighted by atomic mass is 16.7. The minimum atomic E-state index is -0.00481. The van der Waals surface area contributed by atoms with E-state index >= 15 is 0 Å². The lowest BCUT2D eigenvalue weighted by atomic mass is 9.98. The van der Waals surface area contributed by atoms with Crippen molar-refractivity contribution < 1.29 is 14.4 Å². The van der Waals surface area contributed by atoms with Gasteiger partial charge in [0.15, 0.2) is 0 Å². The smallest absolute Gasteiger partial charge is 0.246 e. The van der Waals surface area contributed by atoms with Crippen molar-refractivity contribution in [1.82, 2.24) is 5.48 Å². The van der Waals surface area contributed by atoms with Crippen LogP contribution in [-0.4, -0.2) is 26.2 Å². The molecule has 0 radical (unpaired) electrons. The van der Waals surface area contributed by atoms with Gasteiger partial charge in [0.1, 0.15) is 0 Å². The van der Waals surface area contributed by atoms with Gasteiger partial charge in [-0.15, -0.1) is 0 Å². The lowest BCUT2D eigenvalue weighted by Crippen LogP contribution is -2.31. The van der Waals surface area contributed by atoms with E-state index in [1.807, 2.05) is 0 Å². The van der Waals surface area contributed by atoms with Crippen LogP contribution in [0.4, 0.5) is 0 Å². The number of amides is 1. The molecule has 0 aliphatic heterocycles. The molecular formula is C11H23NO3. The maximum Gasteiger partial charge on any atom is 0.246 e. The van der Waals surface area contributed by atoms with E-state index in [0.717, 1.165) is 25.7 Å². The van der Waals surface area contributed by atoms with Gasteiger partial charge in [-0.2, -0.15) is 0 Å². The fourth-order valence-corrected chi connectivity index (χ4v) is 1.43. The molecule has 4 heteroatoms. The number of rotatable bonds is 9. The molecule has 0 atom stereocenters. The molecule has 0 bridgehead atoms. The van der Waals surface area contributed by atoms with Crippen molar-refractivity contribution in [3.05, 3.63) is 0 Å². The van der Waals surface area contributed by atoms with Gasteiger partial charge < -0.3 is 4.74 Å². The molecule has 0 aliphatic rings. The summed E-state index contributed by atoms with van der Waals surface area (Å²) in [5.41, 5.74) is 2.47. The summed E-state index contributed by atoms with van der Waals surface area (Å²) in [6.07, 6.45) is 3.90. The van der Waals surface area contributed by atoms with Gasteiger partial charge in [0, 0.05) is 13.0 Å². The number of ether oxygens (including phenoxy) is 1. The maximum atomic E-state index is 11.6. The first-order chi connectivity index (χ1) is 7.26. The molecule has 0 aromatic rings. The highest BCUT2D eigenvalue weighted by Crippen LogP contribution is 2.13. The van der Waals surface area contributed by atoms with Crippen molar-refractivity contribution in [2.45, 2.75) is 39.5 Å². The van der Waals surface area contributed by atoms with Gasteiger partial charge in [0.05, 0.1) is 13.2 Å². The molecule has 0 heterocycles. The zero-order valence-electron chi connectivity index (χ0n) is 10.0. The van der Waals surface area contributed by atoms with Crippen LogP contribution in [0.1, 0.15) is 39.5 Å². The second-order valence-electron chi connectivity index (χ2n) is 3.58. The molecule has 0 aliphatic carbocycles. The van der Waals surface area contributed by atoms with Crippen LogP contribution in [0, 0.1) is 5.92 Å². The van der Waals surface area contributed by atoms with Crippen molar-refractivity contribution in [3.8, 4) is 0 Å². The van der Waals surface area contributed by atoms with E-state index in [1.54, 1.807) is 7.11 Å². The van der Waals surface area contributed by atoms with Crippen LogP contribution >= 0.6 is 0 Å². The zero-order valence-corrected chi connectivity index (χ0v) is 10.0. The second kappa shape index (κ2) is 9.93. The maximum absolute atomic E-state index is 11.6. The van der Waals surface area contributed by atoms with E-state index in [-0.39, 0.29) is 11.8 Å². The third kappa shape index (κ3) is 7.33. The topological polar surface area (TPSA) is 47.6 Å². The molecule has 0 aromatic heterocycles. The largest absolute Gasteiger partial charge is 0.382 e. The van der Waals surface area contributed by atoms with E-state index in [4.69, 9.17) is 9.57 Å². The molecule has 4 nitrogen and oxygen atoms in total. The standard InChI is InChI=1S/C11H23NO3/c1-4-6-10(7-5-2)11(13)12-15-9-8-14-3/h10H,4-9H2,1-3H3,(H,12,13). The Labute approximate surface area is 92.3 Å². The van der Waals surface area contributed by atoms with E-state index in [1.165, 1.54) is 0 Å². The summed E-state index contributed by atoms with van der Waals surface area (Å²) in [6.45, 7) is 5.06. The van der Waals surface area contributed by atoms with Gasteiger partial charge in [-0.25, -0.2) is 5.48 Å². The van der Waals surface area contributed by atoms with Crippen LogP contribution in [0.5, 0.6) is 0 Å². The highest BCUT2D eigenvalue weighted by Gasteiger charge is 2.16. The quantitative estimate of drug-likeness (QED) is 0.474. The molecule has 0 spiro atoms. The molecule has 0 rings (SSSR count). The Balaban J connectivity index is 3.70. The fraction of sp³-hybridized carbons (Fsp3) is 0.909. The summed E-state index contributed by atoms with van der Waals surface area (Å²) in [5, 5.41) is 0. The van der Waals surface area contributed by atoms with Gasteiger partial charge in [-0.05, 0) is 12.8 Å². The molecule has 0 saturated carbocycles. The predicted molar refractivity (Wildman–Crippen MR) is 59.3 cm³/mol. The number of carbonyl (C=O) groups is 1. The Hall–Kier alpha value is -0.610. The van der Waals surface area contributed by atoms with Gasteiger partial charge in [0.25, 0.3) is 0 Å². The van der Waals surface area contributed by atoms with E-state index in [9.17, 15) is 4.79 Å². The first kappa shape index (κ1) is 14.4. The van der Waals surface area contributed by atoms with Crippen molar-refractivity contribution >= 4 is 5.91 Å². The summed E-state index contributed by atoms with van der Waals surface area (Å²) < 4.78 is 4.80. The average Bonchev–Trinajstić information content (AvgIpc) is 2.24. The van der Waals surface area contributed by atoms with Crippen LogP contribution in [0.25, 0.3) is 0 Å². The van der Waals surface area contributed by atoms with Crippen LogP contribution in [0.15, 0.2) is 0 Å². The van der Waals surface area contributed by atoms with Gasteiger partial charge in [0.2, 0.25) is 5.91 Å². The average molecular weight is 217 g/mol. The number of hydroxylamine groups is 1. The third-order valence-electron chi connectivity index (χ3n) is 2.21. The highest BCUT2D eigenvalue weighted by molar-refractivity contribution is 5.77. The first-order valence-corrected chi connectivity index (χ1v) is 5.66. The fourth-order valence-electron chi connectivity index (χ4n) is 1.43. The number of methoxy groups -OCH3 is 1. The minimum absolute atomic E-state index is 0.00481. The van der Waals surface area contributed by atoms with Crippen LogP contribution < -0.4 is 5.48 Å². The molecule has 0 fully saturated rings. The van der Waals surface area contributed by atoms with Crippen LogP contribution in [0.2, 0.25) is 0 Å². The summed E-state index contributed by atoms with van der Waals surface area (Å²) in [7, 11) is 1.60. The molecule has 1 amide bonds. The van der Waals surface area contributed by atoms with Crippen molar-refractivity contribution in [3.63, 3.8) is 0 Å². The Bertz CT molecular complexity index is 156. The molecule has 1 N–H and O–H groups in total. The predicted octanol–water partition coefficient (Wildman–Crippen LogP) is 1.90. The molecule has 0 aromatic carbocycles. The molecule has 0 unspecified atom stereocenters. The first-order valence-electron chi connectivity index (χ1n) is 5.66. The summed E-state index contributed by atoms with van der Waals surface area (Å²) in [5.74, 6) is 0.0809. The summed E-state index contributed by atoms with van der Waals surface area (Å²) in [4.78, 5) is 16.6. The van der Waals surface area contributed by atoms with Gasteiger partial charge in [-0.1, -0.05) is 26.7 Å². The number of hydrogen-bond donors (Lipinski definition) is 1. The minimum Gasteiger partial charge on any atom is -0.382 e. The van der Waals surface area contributed by atoms with Gasteiger partial charge in [-0.3, -0.25) is 9.63 Å². The molecule has 0 saturated heterocycles. The molecular weight excluding hydrogens is 194 g/mol. The zero-order chi connectivity index (χ0) is 11.5. The SMILES string of the molecule is CCCC(CCC)C(=O)NOCCOC. The normalized spacial score (nSPS) is 10.7. The molecule has 15 heavy (non-hydrogen) atoms. The number of carbonyl (C=O) groups excluding carboxylic acids is 1. The Morgan fingerprint density at radius 2 is 1.80 bits per heavy atom. The summed E-state index contributed by atoms with van der Waals surface area (Å²) >= 11 is 0. The van der Waals surface area contributed by atoms with Crippen molar-refractivity contribution in [2.24, 2.45) is 5.92 Å². The van der Waals surface area contributed by atoms with Crippen LogP contribution in [-0.2, 0) is 14.4 Å². The number of nitrogens with one attached hydrogen (secondary N) is 1. The van der Waals surface area contributed by atoms with Crippen LogP contribution in [0.3, 0.4) is 0 Å². The third-order valence-corrected chi connectivity index (χ3v) is 2.21. The number of hydrogen-bond acceptors (Lipinski definition) is 3.